The Morgan fingerprint density at radius 1 is 1.09 bits per heavy atom. The molecule has 118 valence electrons. The molecule has 3 nitrogen and oxygen atoms in total. The molecule has 0 aliphatic carbocycles. The number of rotatable bonds is 5. The Balaban J connectivity index is 1.73. The molecule has 1 aliphatic heterocycles. The minimum Gasteiger partial charge on any atom is -0.379 e. The number of morpholine rings is 1. The first-order valence-electron chi connectivity index (χ1n) is 7.76. The molecule has 0 radical (unpaired) electrons. The standard InChI is InChI=1S/C19H19NO2S/c21-19(18-4-2-1-3-17(18)14-23)16-7-5-15(6-8-16)13-20-9-11-22-12-10-20/h1-8,14H,9-13H2. The summed E-state index contributed by atoms with van der Waals surface area (Å²) in [6, 6.07) is 15.3. The number of carbonyl (C=O) groups is 1. The average Bonchev–Trinajstić information content (AvgIpc) is 2.62. The molecule has 1 heterocycles. The van der Waals surface area contributed by atoms with Crippen LogP contribution in [0.3, 0.4) is 0 Å². The molecule has 0 unspecified atom stereocenters. The Morgan fingerprint density at radius 3 is 2.48 bits per heavy atom. The molecule has 2 aromatic carbocycles. The van der Waals surface area contributed by atoms with Crippen LogP contribution in [0.25, 0.3) is 0 Å². The van der Waals surface area contributed by atoms with Gasteiger partial charge in [0.1, 0.15) is 0 Å². The van der Waals surface area contributed by atoms with Crippen LogP contribution < -0.4 is 0 Å². The van der Waals surface area contributed by atoms with E-state index in [1.54, 1.807) is 5.37 Å². The number of nitrogens with zero attached hydrogens (tertiary/aromatic N) is 1. The molecule has 0 N–H and O–H groups in total. The number of ether oxygens (including phenoxy) is 1. The second-order valence-corrected chi connectivity index (χ2v) is 5.86. The van der Waals surface area contributed by atoms with Crippen LogP contribution in [0.5, 0.6) is 0 Å². The molecule has 0 amide bonds. The summed E-state index contributed by atoms with van der Waals surface area (Å²) in [6.07, 6.45) is 0. The number of ketones is 1. The lowest BCUT2D eigenvalue weighted by molar-refractivity contribution is 0.0342. The van der Waals surface area contributed by atoms with E-state index in [4.69, 9.17) is 17.0 Å². The lowest BCUT2D eigenvalue weighted by Crippen LogP contribution is -2.35. The van der Waals surface area contributed by atoms with Gasteiger partial charge < -0.3 is 4.74 Å². The Labute approximate surface area is 141 Å². The highest BCUT2D eigenvalue weighted by Crippen LogP contribution is 2.15. The van der Waals surface area contributed by atoms with E-state index in [-0.39, 0.29) is 5.78 Å². The largest absolute Gasteiger partial charge is 0.379 e. The second-order valence-electron chi connectivity index (χ2n) is 5.62. The fraction of sp³-hybridized carbons (Fsp3) is 0.263. The number of hydrogen-bond donors (Lipinski definition) is 0. The molecule has 3 rings (SSSR count). The zero-order valence-corrected chi connectivity index (χ0v) is 13.7. The smallest absolute Gasteiger partial charge is 0.193 e. The van der Waals surface area contributed by atoms with E-state index >= 15 is 0 Å². The van der Waals surface area contributed by atoms with Crippen molar-refractivity contribution in [1.82, 2.24) is 4.90 Å². The van der Waals surface area contributed by atoms with Gasteiger partial charge in [-0.15, -0.1) is 0 Å². The fourth-order valence-electron chi connectivity index (χ4n) is 2.74. The van der Waals surface area contributed by atoms with Crippen LogP contribution in [0, 0.1) is 0 Å². The highest BCUT2D eigenvalue weighted by Gasteiger charge is 2.13. The third kappa shape index (κ3) is 3.91. The third-order valence-electron chi connectivity index (χ3n) is 4.06. The summed E-state index contributed by atoms with van der Waals surface area (Å²) in [5, 5.41) is 1.56. The quantitative estimate of drug-likeness (QED) is 0.624. The van der Waals surface area contributed by atoms with Crippen molar-refractivity contribution >= 4 is 23.4 Å². The van der Waals surface area contributed by atoms with E-state index in [0.29, 0.717) is 11.1 Å². The Hall–Kier alpha value is -1.88. The van der Waals surface area contributed by atoms with Crippen LogP contribution in [0.15, 0.2) is 48.5 Å². The topological polar surface area (TPSA) is 29.5 Å². The highest BCUT2D eigenvalue weighted by atomic mass is 32.1. The molecule has 1 saturated heterocycles. The van der Waals surface area contributed by atoms with Crippen LogP contribution in [-0.4, -0.2) is 42.4 Å². The van der Waals surface area contributed by atoms with E-state index in [9.17, 15) is 4.79 Å². The van der Waals surface area contributed by atoms with Gasteiger partial charge in [0.05, 0.1) is 13.2 Å². The van der Waals surface area contributed by atoms with Crippen LogP contribution in [0.2, 0.25) is 0 Å². The van der Waals surface area contributed by atoms with Crippen molar-refractivity contribution in [1.29, 1.82) is 0 Å². The van der Waals surface area contributed by atoms with E-state index in [1.807, 2.05) is 48.5 Å². The zero-order chi connectivity index (χ0) is 16.1. The van der Waals surface area contributed by atoms with Crippen molar-refractivity contribution in [3.63, 3.8) is 0 Å². The Morgan fingerprint density at radius 2 is 1.78 bits per heavy atom. The predicted octanol–water partition coefficient (Wildman–Crippen LogP) is 3.10. The van der Waals surface area contributed by atoms with E-state index in [0.717, 1.165) is 38.4 Å². The fourth-order valence-corrected chi connectivity index (χ4v) is 2.95. The maximum absolute atomic E-state index is 12.6. The average molecular weight is 325 g/mol. The third-order valence-corrected chi connectivity index (χ3v) is 4.31. The van der Waals surface area contributed by atoms with Crippen molar-refractivity contribution < 1.29 is 9.53 Å². The SMILES string of the molecule is O=C(c1ccc(CN2CCOCC2)cc1)c1ccccc1C=S. The molecule has 0 aromatic heterocycles. The maximum atomic E-state index is 12.6. The zero-order valence-electron chi connectivity index (χ0n) is 12.9. The lowest BCUT2D eigenvalue weighted by Gasteiger charge is -2.26. The second kappa shape index (κ2) is 7.59. The first-order chi connectivity index (χ1) is 11.3. The van der Waals surface area contributed by atoms with Gasteiger partial charge in [0.2, 0.25) is 0 Å². The monoisotopic (exact) mass is 325 g/mol. The Bertz CT molecular complexity index is 691. The number of benzene rings is 2. The number of carbonyl (C=O) groups excluding carboxylic acids is 1. The van der Waals surface area contributed by atoms with Gasteiger partial charge in [0, 0.05) is 36.1 Å². The Kier molecular flexibility index (Phi) is 5.28. The molecule has 1 fully saturated rings. The molecule has 1 aliphatic rings. The van der Waals surface area contributed by atoms with Gasteiger partial charge in [-0.05, 0) is 11.1 Å². The van der Waals surface area contributed by atoms with Crippen molar-refractivity contribution in [3.05, 3.63) is 70.8 Å². The lowest BCUT2D eigenvalue weighted by atomic mass is 9.98. The summed E-state index contributed by atoms with van der Waals surface area (Å²) in [5.41, 5.74) is 3.36. The van der Waals surface area contributed by atoms with Gasteiger partial charge in [-0.25, -0.2) is 0 Å². The summed E-state index contributed by atoms with van der Waals surface area (Å²) in [5.74, 6) is 0.0135. The van der Waals surface area contributed by atoms with Crippen LogP contribution >= 0.6 is 12.2 Å². The minimum absolute atomic E-state index is 0.0135. The van der Waals surface area contributed by atoms with Gasteiger partial charge >= 0.3 is 0 Å². The minimum atomic E-state index is 0.0135. The molecule has 2 aromatic rings. The summed E-state index contributed by atoms with van der Waals surface area (Å²) in [6.45, 7) is 4.41. The molecule has 0 saturated carbocycles. The molecular formula is C19H19NO2S. The van der Waals surface area contributed by atoms with Gasteiger partial charge in [-0.2, -0.15) is 0 Å². The van der Waals surface area contributed by atoms with Gasteiger partial charge in [0.15, 0.2) is 5.78 Å². The van der Waals surface area contributed by atoms with Crippen molar-refractivity contribution in [2.45, 2.75) is 6.54 Å². The normalized spacial score (nSPS) is 15.3. The van der Waals surface area contributed by atoms with Crippen LogP contribution in [0.4, 0.5) is 0 Å². The van der Waals surface area contributed by atoms with Gasteiger partial charge in [-0.1, -0.05) is 60.7 Å². The maximum Gasteiger partial charge on any atom is 0.193 e. The van der Waals surface area contributed by atoms with E-state index in [2.05, 4.69) is 4.90 Å². The molecular weight excluding hydrogens is 306 g/mol. The molecule has 0 bridgehead atoms. The molecule has 23 heavy (non-hydrogen) atoms. The molecule has 4 heteroatoms. The van der Waals surface area contributed by atoms with Crippen LogP contribution in [-0.2, 0) is 11.3 Å². The summed E-state index contributed by atoms with van der Waals surface area (Å²) in [4.78, 5) is 15.0. The highest BCUT2D eigenvalue weighted by molar-refractivity contribution is 7.79. The van der Waals surface area contributed by atoms with E-state index in [1.165, 1.54) is 5.56 Å². The predicted molar refractivity (Wildman–Crippen MR) is 95.2 cm³/mol. The first-order valence-corrected chi connectivity index (χ1v) is 8.23. The number of hydrogen-bond acceptors (Lipinski definition) is 4. The van der Waals surface area contributed by atoms with Crippen molar-refractivity contribution in [2.24, 2.45) is 0 Å². The summed E-state index contributed by atoms with van der Waals surface area (Å²) >= 11 is 4.99. The summed E-state index contributed by atoms with van der Waals surface area (Å²) < 4.78 is 5.36. The van der Waals surface area contributed by atoms with Crippen molar-refractivity contribution in [3.8, 4) is 0 Å². The number of thiocarbonyl (C=S) groups is 1. The van der Waals surface area contributed by atoms with Gasteiger partial charge in [-0.3, -0.25) is 9.69 Å². The summed E-state index contributed by atoms with van der Waals surface area (Å²) in [7, 11) is 0. The molecule has 0 atom stereocenters. The first kappa shape index (κ1) is 16.0. The van der Waals surface area contributed by atoms with Gasteiger partial charge in [0.25, 0.3) is 0 Å². The molecule has 0 spiro atoms. The van der Waals surface area contributed by atoms with Crippen LogP contribution in [0.1, 0.15) is 27.0 Å². The van der Waals surface area contributed by atoms with Crippen molar-refractivity contribution in [2.75, 3.05) is 26.3 Å². The van der Waals surface area contributed by atoms with E-state index < -0.39 is 0 Å².